The summed E-state index contributed by atoms with van der Waals surface area (Å²) in [7, 11) is 0. The Balaban J connectivity index is 2.65. The Labute approximate surface area is 117 Å². The first-order valence-corrected chi connectivity index (χ1v) is 7.35. The summed E-state index contributed by atoms with van der Waals surface area (Å²) < 4.78 is 5.94. The molecule has 0 saturated carbocycles. The molecule has 0 aliphatic rings. The molecule has 0 radical (unpaired) electrons. The van der Waals surface area contributed by atoms with Crippen molar-refractivity contribution in [3.63, 3.8) is 0 Å². The molecule has 0 fully saturated rings. The second-order valence-electron chi connectivity index (χ2n) is 5.64. The minimum Gasteiger partial charge on any atom is -0.491 e. The van der Waals surface area contributed by atoms with Crippen molar-refractivity contribution in [3.8, 4) is 5.75 Å². The Morgan fingerprint density at radius 1 is 1.26 bits per heavy atom. The summed E-state index contributed by atoms with van der Waals surface area (Å²) in [6.45, 7) is 12.3. The van der Waals surface area contributed by atoms with E-state index < -0.39 is 0 Å². The maximum absolute atomic E-state index is 5.94. The molecule has 0 amide bonds. The fourth-order valence-electron chi connectivity index (χ4n) is 1.96. The number of hydrogen-bond acceptors (Lipinski definition) is 3. The van der Waals surface area contributed by atoms with Crippen molar-refractivity contribution >= 4 is 0 Å². The van der Waals surface area contributed by atoms with Crippen LogP contribution in [0.1, 0.15) is 51.9 Å². The molecular weight excluding hydrogens is 236 g/mol. The summed E-state index contributed by atoms with van der Waals surface area (Å²) in [6.07, 6.45) is 2.41. The average molecular weight is 264 g/mol. The van der Waals surface area contributed by atoms with Gasteiger partial charge < -0.3 is 10.1 Å². The highest BCUT2D eigenvalue weighted by molar-refractivity contribution is 5.29. The van der Waals surface area contributed by atoms with Crippen LogP contribution in [0, 0.1) is 12.8 Å². The van der Waals surface area contributed by atoms with E-state index in [1.807, 2.05) is 19.1 Å². The van der Waals surface area contributed by atoms with Gasteiger partial charge >= 0.3 is 0 Å². The molecule has 1 N–H and O–H groups in total. The number of pyridine rings is 1. The monoisotopic (exact) mass is 264 g/mol. The van der Waals surface area contributed by atoms with Crippen LogP contribution in [0.25, 0.3) is 0 Å². The van der Waals surface area contributed by atoms with E-state index in [-0.39, 0.29) is 0 Å². The van der Waals surface area contributed by atoms with Crippen LogP contribution in [-0.4, -0.2) is 17.6 Å². The van der Waals surface area contributed by atoms with Crippen LogP contribution in [0.4, 0.5) is 0 Å². The second-order valence-corrected chi connectivity index (χ2v) is 5.64. The first-order chi connectivity index (χ1) is 9.02. The number of nitrogens with zero attached hydrogens (tertiary/aromatic N) is 1. The number of hydrogen-bond donors (Lipinski definition) is 1. The van der Waals surface area contributed by atoms with Crippen LogP contribution in [0.5, 0.6) is 5.75 Å². The lowest BCUT2D eigenvalue weighted by atomic mass is 10.1. The van der Waals surface area contributed by atoms with Gasteiger partial charge in [-0.2, -0.15) is 0 Å². The summed E-state index contributed by atoms with van der Waals surface area (Å²) in [5.74, 6) is 1.51. The highest BCUT2D eigenvalue weighted by Crippen LogP contribution is 2.18. The Bertz CT molecular complexity index is 377. The zero-order valence-corrected chi connectivity index (χ0v) is 13.0. The maximum Gasteiger partial charge on any atom is 0.142 e. The molecule has 1 rings (SSSR count). The molecule has 0 bridgehead atoms. The minimum absolute atomic E-state index is 0.453. The van der Waals surface area contributed by atoms with Crippen molar-refractivity contribution in [1.82, 2.24) is 10.3 Å². The zero-order chi connectivity index (χ0) is 14.3. The molecule has 19 heavy (non-hydrogen) atoms. The maximum atomic E-state index is 5.94. The normalized spacial score (nSPS) is 12.7. The number of rotatable bonds is 8. The van der Waals surface area contributed by atoms with Crippen LogP contribution in [0.15, 0.2) is 12.1 Å². The molecule has 0 aromatic carbocycles. The van der Waals surface area contributed by atoms with Gasteiger partial charge in [-0.15, -0.1) is 0 Å². The van der Waals surface area contributed by atoms with Crippen LogP contribution < -0.4 is 10.1 Å². The minimum atomic E-state index is 0.453. The van der Waals surface area contributed by atoms with E-state index in [9.17, 15) is 0 Å². The fraction of sp³-hybridized carbons (Fsp3) is 0.688. The van der Waals surface area contributed by atoms with Crippen molar-refractivity contribution in [2.75, 3.05) is 6.61 Å². The van der Waals surface area contributed by atoms with Crippen molar-refractivity contribution in [1.29, 1.82) is 0 Å². The van der Waals surface area contributed by atoms with Gasteiger partial charge in [0.1, 0.15) is 5.75 Å². The predicted octanol–water partition coefficient (Wildman–Crippen LogP) is 3.70. The highest BCUT2D eigenvalue weighted by Gasteiger charge is 2.08. The van der Waals surface area contributed by atoms with Crippen molar-refractivity contribution in [3.05, 3.63) is 23.5 Å². The molecule has 3 nitrogen and oxygen atoms in total. The summed E-state index contributed by atoms with van der Waals surface area (Å²) in [6, 6.07) is 4.51. The van der Waals surface area contributed by atoms with Gasteiger partial charge in [-0.25, -0.2) is 0 Å². The zero-order valence-electron chi connectivity index (χ0n) is 13.0. The first kappa shape index (κ1) is 16.0. The van der Waals surface area contributed by atoms with Gasteiger partial charge in [-0.1, -0.05) is 34.1 Å². The number of ether oxygens (including phenoxy) is 1. The smallest absolute Gasteiger partial charge is 0.142 e. The molecule has 1 aromatic heterocycles. The molecule has 1 aromatic rings. The summed E-state index contributed by atoms with van der Waals surface area (Å²) in [5, 5.41) is 3.40. The third-order valence-corrected chi connectivity index (χ3v) is 3.05. The van der Waals surface area contributed by atoms with Crippen molar-refractivity contribution < 1.29 is 4.74 Å². The van der Waals surface area contributed by atoms with E-state index in [2.05, 4.69) is 38.0 Å². The van der Waals surface area contributed by atoms with Crippen molar-refractivity contribution in [2.45, 2.75) is 60.0 Å². The Morgan fingerprint density at radius 2 is 2.00 bits per heavy atom. The molecule has 1 unspecified atom stereocenters. The van der Waals surface area contributed by atoms with E-state index in [0.717, 1.165) is 30.3 Å². The molecule has 0 aliphatic carbocycles. The summed E-state index contributed by atoms with van der Waals surface area (Å²) >= 11 is 0. The summed E-state index contributed by atoms with van der Waals surface area (Å²) in [5.41, 5.74) is 2.05. The lowest BCUT2D eigenvalue weighted by Gasteiger charge is -2.16. The highest BCUT2D eigenvalue weighted by atomic mass is 16.5. The molecule has 0 aliphatic heterocycles. The molecule has 3 heteroatoms. The molecule has 0 saturated heterocycles. The molecule has 1 heterocycles. The van der Waals surface area contributed by atoms with Gasteiger partial charge in [0, 0.05) is 18.3 Å². The van der Waals surface area contributed by atoms with E-state index in [4.69, 9.17) is 4.74 Å². The first-order valence-electron chi connectivity index (χ1n) is 7.35. The van der Waals surface area contributed by atoms with Crippen LogP contribution in [0.3, 0.4) is 0 Å². The fourth-order valence-corrected chi connectivity index (χ4v) is 1.96. The number of aromatic nitrogens is 1. The topological polar surface area (TPSA) is 34.1 Å². The molecule has 108 valence electrons. The molecule has 1 atom stereocenters. The van der Waals surface area contributed by atoms with E-state index in [1.54, 1.807) is 0 Å². The largest absolute Gasteiger partial charge is 0.491 e. The predicted molar refractivity (Wildman–Crippen MR) is 80.5 cm³/mol. The van der Waals surface area contributed by atoms with Gasteiger partial charge in [0.2, 0.25) is 0 Å². The second kappa shape index (κ2) is 8.16. The van der Waals surface area contributed by atoms with Crippen molar-refractivity contribution in [2.24, 2.45) is 5.92 Å². The third-order valence-electron chi connectivity index (χ3n) is 3.05. The lowest BCUT2D eigenvalue weighted by Crippen LogP contribution is -2.23. The molecule has 0 spiro atoms. The van der Waals surface area contributed by atoms with Crippen LogP contribution in [0.2, 0.25) is 0 Å². The Kier molecular flexibility index (Phi) is 6.85. The van der Waals surface area contributed by atoms with Gasteiger partial charge in [0.05, 0.1) is 12.3 Å². The standard InChI is InChI=1S/C16H28N2O/c1-6-7-13(4)11-19-16-9-8-14(5)18-15(16)10-17-12(2)3/h8-9,12-13,17H,6-7,10-11H2,1-5H3. The van der Waals surface area contributed by atoms with Gasteiger partial charge in [0.25, 0.3) is 0 Å². The SMILES string of the molecule is CCCC(C)COc1ccc(C)nc1CNC(C)C. The lowest BCUT2D eigenvalue weighted by molar-refractivity contribution is 0.247. The average Bonchev–Trinajstić information content (AvgIpc) is 2.35. The third kappa shape index (κ3) is 6.06. The Hall–Kier alpha value is -1.09. The van der Waals surface area contributed by atoms with E-state index in [1.165, 1.54) is 12.8 Å². The summed E-state index contributed by atoms with van der Waals surface area (Å²) in [4.78, 5) is 4.58. The van der Waals surface area contributed by atoms with Crippen LogP contribution in [-0.2, 0) is 6.54 Å². The molecular formula is C16H28N2O. The number of nitrogens with one attached hydrogen (secondary N) is 1. The quantitative estimate of drug-likeness (QED) is 0.777. The number of aryl methyl sites for hydroxylation is 1. The van der Waals surface area contributed by atoms with E-state index >= 15 is 0 Å². The van der Waals surface area contributed by atoms with Gasteiger partial charge in [0.15, 0.2) is 0 Å². The van der Waals surface area contributed by atoms with E-state index in [0.29, 0.717) is 12.0 Å². The Morgan fingerprint density at radius 3 is 2.63 bits per heavy atom. The van der Waals surface area contributed by atoms with Crippen LogP contribution >= 0.6 is 0 Å². The van der Waals surface area contributed by atoms with Gasteiger partial charge in [-0.3, -0.25) is 4.98 Å². The van der Waals surface area contributed by atoms with Gasteiger partial charge in [-0.05, 0) is 31.4 Å².